The van der Waals surface area contributed by atoms with Crippen LogP contribution in [-0.4, -0.2) is 23.7 Å². The van der Waals surface area contributed by atoms with Crippen molar-refractivity contribution in [3.05, 3.63) is 24.8 Å². The summed E-state index contributed by atoms with van der Waals surface area (Å²) >= 11 is 0. The van der Waals surface area contributed by atoms with Gasteiger partial charge < -0.3 is 9.84 Å². The van der Waals surface area contributed by atoms with Crippen LogP contribution in [0.25, 0.3) is 0 Å². The van der Waals surface area contributed by atoms with Crippen molar-refractivity contribution in [2.24, 2.45) is 0 Å². The fourth-order valence-corrected chi connectivity index (χ4v) is 6.61. The topological polar surface area (TPSA) is 63.6 Å². The number of hydrogen-bond acceptors (Lipinski definition) is 3. The average Bonchev–Trinajstić information content (AvgIpc) is 3.12. The number of carboxylic acids is 1. The van der Waals surface area contributed by atoms with Gasteiger partial charge >= 0.3 is 11.9 Å². The van der Waals surface area contributed by atoms with Crippen molar-refractivity contribution in [3.63, 3.8) is 0 Å². The highest BCUT2D eigenvalue weighted by atomic mass is 16.5. The van der Waals surface area contributed by atoms with E-state index in [-0.39, 0.29) is 5.97 Å². The van der Waals surface area contributed by atoms with Gasteiger partial charge in [-0.15, -0.1) is 0 Å². The summed E-state index contributed by atoms with van der Waals surface area (Å²) in [6.45, 7) is 12.1. The third kappa shape index (κ3) is 46.4. The maximum absolute atomic E-state index is 12.2. The maximum Gasteiger partial charge on any atom is 0.333 e. The van der Waals surface area contributed by atoms with Crippen LogP contribution < -0.4 is 0 Å². The number of aliphatic carboxylic acids is 1. The van der Waals surface area contributed by atoms with E-state index in [0.29, 0.717) is 12.2 Å². The van der Waals surface area contributed by atoms with Crippen LogP contribution in [0.2, 0.25) is 0 Å². The Hall–Kier alpha value is -1.58. The van der Waals surface area contributed by atoms with Gasteiger partial charge in [-0.05, 0) is 19.3 Å². The summed E-state index contributed by atoms with van der Waals surface area (Å²) in [5, 5.41) is 7.60. The second-order valence-electron chi connectivity index (χ2n) is 15.1. The van der Waals surface area contributed by atoms with E-state index in [9.17, 15) is 9.59 Å². The van der Waals surface area contributed by atoms with Crippen LogP contribution in [-0.2, 0) is 14.3 Å². The molecular formula is C46H88O4. The summed E-state index contributed by atoms with van der Waals surface area (Å²) in [5.41, 5.74) is 0.675. The summed E-state index contributed by atoms with van der Waals surface area (Å²) in [7, 11) is 0. The van der Waals surface area contributed by atoms with Crippen molar-refractivity contribution in [1.29, 1.82) is 0 Å². The van der Waals surface area contributed by atoms with E-state index in [0.717, 1.165) is 25.3 Å². The first-order valence-corrected chi connectivity index (χ1v) is 22.2. The summed E-state index contributed by atoms with van der Waals surface area (Å²) in [4.78, 5) is 21.5. The van der Waals surface area contributed by atoms with Gasteiger partial charge in [-0.3, -0.25) is 0 Å². The molecule has 0 aromatic rings. The monoisotopic (exact) mass is 705 g/mol. The zero-order valence-corrected chi connectivity index (χ0v) is 34.0. The Morgan fingerprint density at radius 2 is 0.660 bits per heavy atom. The van der Waals surface area contributed by atoms with Crippen LogP contribution in [0.15, 0.2) is 24.8 Å². The fraction of sp³-hybridized carbons (Fsp3) is 0.870. The predicted molar refractivity (Wildman–Crippen MR) is 220 cm³/mol. The van der Waals surface area contributed by atoms with Gasteiger partial charge in [0.15, 0.2) is 0 Å². The van der Waals surface area contributed by atoms with Crippen molar-refractivity contribution < 1.29 is 19.4 Å². The van der Waals surface area contributed by atoms with E-state index in [1.807, 2.05) is 0 Å². The Morgan fingerprint density at radius 3 is 0.900 bits per heavy atom. The SMILES string of the molecule is C=C(CCCCCCCCCCCCCCCCCCCCCC)C(=O)OCCCCCCCCCCCCCCCCCC.C=CC(=O)O. The number of hydrogen-bond donors (Lipinski definition) is 1. The van der Waals surface area contributed by atoms with E-state index in [4.69, 9.17) is 9.84 Å². The van der Waals surface area contributed by atoms with Crippen LogP contribution >= 0.6 is 0 Å². The molecule has 0 aliphatic carbocycles. The summed E-state index contributed by atoms with van der Waals surface area (Å²) < 4.78 is 5.48. The van der Waals surface area contributed by atoms with Crippen LogP contribution in [0.5, 0.6) is 0 Å². The molecule has 296 valence electrons. The molecule has 0 atom stereocenters. The highest BCUT2D eigenvalue weighted by Gasteiger charge is 2.08. The summed E-state index contributed by atoms with van der Waals surface area (Å²) in [6.07, 6.45) is 51.3. The van der Waals surface area contributed by atoms with Crippen LogP contribution in [0.4, 0.5) is 0 Å². The first kappa shape index (κ1) is 50.5. The lowest BCUT2D eigenvalue weighted by molar-refractivity contribution is -0.139. The van der Waals surface area contributed by atoms with Crippen molar-refractivity contribution >= 4 is 11.9 Å². The lowest BCUT2D eigenvalue weighted by atomic mass is 10.0. The van der Waals surface area contributed by atoms with Gasteiger partial charge in [0.1, 0.15) is 0 Å². The van der Waals surface area contributed by atoms with Crippen LogP contribution in [0.1, 0.15) is 251 Å². The Kier molecular flexibility index (Phi) is 45.9. The molecule has 0 amide bonds. The molecule has 0 saturated heterocycles. The van der Waals surface area contributed by atoms with Crippen molar-refractivity contribution in [1.82, 2.24) is 0 Å². The fourth-order valence-electron chi connectivity index (χ4n) is 6.61. The lowest BCUT2D eigenvalue weighted by Crippen LogP contribution is -2.08. The number of rotatable bonds is 40. The largest absolute Gasteiger partial charge is 0.478 e. The molecule has 0 aliphatic rings. The zero-order chi connectivity index (χ0) is 37.0. The van der Waals surface area contributed by atoms with Gasteiger partial charge in [0, 0.05) is 11.6 Å². The number of carbonyl (C=O) groups excluding carboxylic acids is 1. The van der Waals surface area contributed by atoms with Gasteiger partial charge in [-0.1, -0.05) is 245 Å². The molecule has 4 heteroatoms. The normalized spacial score (nSPS) is 10.8. The van der Waals surface area contributed by atoms with Crippen LogP contribution in [0, 0.1) is 0 Å². The van der Waals surface area contributed by atoms with Gasteiger partial charge in [0.25, 0.3) is 0 Å². The summed E-state index contributed by atoms with van der Waals surface area (Å²) in [6, 6.07) is 0. The highest BCUT2D eigenvalue weighted by Crippen LogP contribution is 2.17. The molecule has 0 saturated carbocycles. The maximum atomic E-state index is 12.2. The van der Waals surface area contributed by atoms with E-state index in [1.165, 1.54) is 218 Å². The molecule has 0 heterocycles. The van der Waals surface area contributed by atoms with Gasteiger partial charge in [-0.2, -0.15) is 0 Å². The number of ether oxygens (including phenoxy) is 1. The molecule has 1 N–H and O–H groups in total. The van der Waals surface area contributed by atoms with Gasteiger partial charge in [0.05, 0.1) is 6.61 Å². The quantitative estimate of drug-likeness (QED) is 0.0392. The number of unbranched alkanes of at least 4 members (excludes halogenated alkanes) is 34. The molecule has 0 bridgehead atoms. The second-order valence-corrected chi connectivity index (χ2v) is 15.1. The first-order valence-electron chi connectivity index (χ1n) is 22.2. The number of carboxylic acid groups (broad SMARTS) is 1. The molecule has 0 aromatic carbocycles. The Morgan fingerprint density at radius 1 is 0.440 bits per heavy atom. The molecule has 0 aliphatic heterocycles. The third-order valence-corrected chi connectivity index (χ3v) is 10.0. The van der Waals surface area contributed by atoms with Gasteiger partial charge in [0.2, 0.25) is 0 Å². The molecule has 0 spiro atoms. The lowest BCUT2D eigenvalue weighted by Gasteiger charge is -2.08. The molecule has 50 heavy (non-hydrogen) atoms. The minimum Gasteiger partial charge on any atom is -0.478 e. The first-order chi connectivity index (χ1) is 24.5. The van der Waals surface area contributed by atoms with Crippen molar-refractivity contribution in [2.75, 3.05) is 6.61 Å². The minimum absolute atomic E-state index is 0.159. The average molecular weight is 705 g/mol. The Balaban J connectivity index is 0. The third-order valence-electron chi connectivity index (χ3n) is 10.0. The molecule has 0 fully saturated rings. The molecule has 0 unspecified atom stereocenters. The van der Waals surface area contributed by atoms with E-state index >= 15 is 0 Å². The Labute approximate surface area is 313 Å². The Bertz CT molecular complexity index is 715. The standard InChI is InChI=1S/C43H84O2.C3H4O2/c1-4-6-8-10-12-14-16-18-20-22-23-24-25-26-28-30-32-34-36-38-40-42(3)43(44)45-41-39-37-35-33-31-29-27-21-19-17-15-13-11-9-7-5-2;1-2-3(4)5/h3-41H2,1-2H3;2H,1H2,(H,4,5). The molecule has 4 nitrogen and oxygen atoms in total. The number of carbonyl (C=O) groups is 2. The molecule has 0 aromatic heterocycles. The van der Waals surface area contributed by atoms with Crippen LogP contribution in [0.3, 0.4) is 0 Å². The highest BCUT2D eigenvalue weighted by molar-refractivity contribution is 5.87. The predicted octanol–water partition coefficient (Wildman–Crippen LogP) is 15.8. The minimum atomic E-state index is -0.981. The van der Waals surface area contributed by atoms with Gasteiger partial charge in [-0.25, -0.2) is 9.59 Å². The van der Waals surface area contributed by atoms with E-state index < -0.39 is 5.97 Å². The zero-order valence-electron chi connectivity index (χ0n) is 34.0. The smallest absolute Gasteiger partial charge is 0.333 e. The van der Waals surface area contributed by atoms with E-state index in [2.05, 4.69) is 27.0 Å². The molecule has 0 radical (unpaired) electrons. The second kappa shape index (κ2) is 45.4. The van der Waals surface area contributed by atoms with E-state index in [1.54, 1.807) is 0 Å². The van der Waals surface area contributed by atoms with Crippen molar-refractivity contribution in [2.45, 2.75) is 251 Å². The van der Waals surface area contributed by atoms with Crippen molar-refractivity contribution in [3.8, 4) is 0 Å². The number of esters is 1. The molecule has 0 rings (SSSR count). The molecular weight excluding hydrogens is 617 g/mol. The summed E-state index contributed by atoms with van der Waals surface area (Å²) in [5.74, 6) is -1.14.